The zero-order valence-corrected chi connectivity index (χ0v) is 11.6. The number of piperidine rings is 1. The zero-order valence-electron chi connectivity index (χ0n) is 10.7. The number of nitrogens with zero attached hydrogens (tertiary/aromatic N) is 1. The van der Waals surface area contributed by atoms with Crippen molar-refractivity contribution in [2.75, 3.05) is 18.0 Å². The third kappa shape index (κ3) is 2.87. The molecular formula is C13H15F2N3OS. The van der Waals surface area contributed by atoms with Crippen LogP contribution < -0.4 is 16.4 Å². The summed E-state index contributed by atoms with van der Waals surface area (Å²) >= 11 is 4.70. The fraction of sp³-hybridized carbons (Fsp3) is 0.385. The second kappa shape index (κ2) is 5.70. The molecule has 1 amide bonds. The topological polar surface area (TPSA) is 72.4 Å². The molecule has 20 heavy (non-hydrogen) atoms. The lowest BCUT2D eigenvalue weighted by atomic mass is 9.96. The Morgan fingerprint density at radius 2 is 1.90 bits per heavy atom. The number of nitrogens with two attached hydrogens (primary N) is 2. The summed E-state index contributed by atoms with van der Waals surface area (Å²) in [6.07, 6.45) is 1.30. The molecule has 4 N–H and O–H groups in total. The summed E-state index contributed by atoms with van der Waals surface area (Å²) in [5, 5.41) is 0. The van der Waals surface area contributed by atoms with Crippen LogP contribution in [0.4, 0.5) is 14.5 Å². The maximum atomic E-state index is 14.1. The van der Waals surface area contributed by atoms with Crippen molar-refractivity contribution in [1.29, 1.82) is 0 Å². The van der Waals surface area contributed by atoms with Gasteiger partial charge in [0.25, 0.3) is 0 Å². The Kier molecular flexibility index (Phi) is 4.17. The summed E-state index contributed by atoms with van der Waals surface area (Å²) in [4.78, 5) is 12.7. The molecule has 0 aliphatic carbocycles. The second-order valence-corrected chi connectivity index (χ2v) is 5.28. The standard InChI is InChI=1S/C13H15F2N3OS/c14-9-4-8(13(17)20)5-10(15)11(9)18-3-1-2-7(6-18)12(16)19/h4-5,7H,1-3,6H2,(H2,16,19)(H2,17,20). The Balaban J connectivity index is 2.33. The van der Waals surface area contributed by atoms with Crippen LogP contribution in [0, 0.1) is 17.6 Å². The first kappa shape index (κ1) is 14.6. The van der Waals surface area contributed by atoms with Crippen LogP contribution in [0.3, 0.4) is 0 Å². The highest BCUT2D eigenvalue weighted by atomic mass is 32.1. The molecular weight excluding hydrogens is 284 g/mol. The Morgan fingerprint density at radius 1 is 1.30 bits per heavy atom. The average Bonchev–Trinajstić information content (AvgIpc) is 2.38. The summed E-state index contributed by atoms with van der Waals surface area (Å²) in [6.45, 7) is 0.694. The Labute approximate surface area is 120 Å². The van der Waals surface area contributed by atoms with Crippen LogP contribution in [0.5, 0.6) is 0 Å². The van der Waals surface area contributed by atoms with Crippen LogP contribution in [0.25, 0.3) is 0 Å². The minimum absolute atomic E-state index is 0.0667. The molecule has 1 fully saturated rings. The molecule has 1 aliphatic rings. The minimum atomic E-state index is -0.738. The molecule has 0 spiro atoms. The Hall–Kier alpha value is -1.76. The highest BCUT2D eigenvalue weighted by Crippen LogP contribution is 2.29. The van der Waals surface area contributed by atoms with Crippen LogP contribution in [0.1, 0.15) is 18.4 Å². The normalized spacial score (nSPS) is 18.9. The van der Waals surface area contributed by atoms with Gasteiger partial charge in [-0.1, -0.05) is 12.2 Å². The SMILES string of the molecule is NC(=O)C1CCCN(c2c(F)cc(C(N)=S)cc2F)C1. The van der Waals surface area contributed by atoms with Gasteiger partial charge in [-0.05, 0) is 25.0 Å². The molecule has 0 bridgehead atoms. The molecule has 0 aromatic heterocycles. The monoisotopic (exact) mass is 299 g/mol. The van der Waals surface area contributed by atoms with Crippen molar-refractivity contribution in [2.45, 2.75) is 12.8 Å². The van der Waals surface area contributed by atoms with Gasteiger partial charge in [0, 0.05) is 18.7 Å². The lowest BCUT2D eigenvalue weighted by Crippen LogP contribution is -2.42. The summed E-state index contributed by atoms with van der Waals surface area (Å²) in [5.41, 5.74) is 10.6. The summed E-state index contributed by atoms with van der Waals surface area (Å²) in [5.74, 6) is -2.32. The van der Waals surface area contributed by atoms with Crippen LogP contribution in [0.15, 0.2) is 12.1 Å². The summed E-state index contributed by atoms with van der Waals surface area (Å²) in [6, 6.07) is 2.21. The van der Waals surface area contributed by atoms with E-state index >= 15 is 0 Å². The summed E-state index contributed by atoms with van der Waals surface area (Å²) in [7, 11) is 0. The lowest BCUT2D eigenvalue weighted by molar-refractivity contribution is -0.122. The smallest absolute Gasteiger partial charge is 0.222 e. The van der Waals surface area contributed by atoms with Gasteiger partial charge in [0.1, 0.15) is 22.3 Å². The first-order chi connectivity index (χ1) is 9.40. The van der Waals surface area contributed by atoms with E-state index in [0.717, 1.165) is 12.1 Å². The van der Waals surface area contributed by atoms with E-state index in [1.54, 1.807) is 0 Å². The van der Waals surface area contributed by atoms with Crippen LogP contribution in [0.2, 0.25) is 0 Å². The molecule has 0 saturated carbocycles. The van der Waals surface area contributed by atoms with Gasteiger partial charge in [-0.25, -0.2) is 8.78 Å². The third-order valence-electron chi connectivity index (χ3n) is 3.44. The highest BCUT2D eigenvalue weighted by molar-refractivity contribution is 7.80. The van der Waals surface area contributed by atoms with Crippen molar-refractivity contribution in [3.63, 3.8) is 0 Å². The van der Waals surface area contributed by atoms with Crippen molar-refractivity contribution in [3.8, 4) is 0 Å². The maximum absolute atomic E-state index is 14.1. The molecule has 1 aliphatic heterocycles. The number of halogens is 2. The van der Waals surface area contributed by atoms with E-state index in [1.807, 2.05) is 0 Å². The fourth-order valence-corrected chi connectivity index (χ4v) is 2.54. The van der Waals surface area contributed by atoms with Gasteiger partial charge in [-0.3, -0.25) is 4.79 Å². The van der Waals surface area contributed by atoms with Crippen LogP contribution in [-0.4, -0.2) is 24.0 Å². The van der Waals surface area contributed by atoms with E-state index in [9.17, 15) is 13.6 Å². The molecule has 1 unspecified atom stereocenters. The average molecular weight is 299 g/mol. The molecule has 7 heteroatoms. The number of carbonyl (C=O) groups is 1. The quantitative estimate of drug-likeness (QED) is 0.825. The van der Waals surface area contributed by atoms with Gasteiger partial charge in [0.2, 0.25) is 5.91 Å². The number of primary amides is 1. The molecule has 108 valence electrons. The van der Waals surface area contributed by atoms with E-state index in [1.165, 1.54) is 4.90 Å². The van der Waals surface area contributed by atoms with E-state index in [-0.39, 0.29) is 22.8 Å². The van der Waals surface area contributed by atoms with E-state index < -0.39 is 23.5 Å². The molecule has 2 rings (SSSR count). The van der Waals surface area contributed by atoms with Gasteiger partial charge in [0.05, 0.1) is 5.92 Å². The van der Waals surface area contributed by atoms with Gasteiger partial charge < -0.3 is 16.4 Å². The third-order valence-corrected chi connectivity index (χ3v) is 3.68. The van der Waals surface area contributed by atoms with Crippen molar-refractivity contribution < 1.29 is 13.6 Å². The van der Waals surface area contributed by atoms with Gasteiger partial charge in [0.15, 0.2) is 0 Å². The fourth-order valence-electron chi connectivity index (χ4n) is 2.42. The predicted octanol–water partition coefficient (Wildman–Crippen LogP) is 1.30. The molecule has 0 radical (unpaired) electrons. The van der Waals surface area contributed by atoms with Crippen molar-refractivity contribution in [3.05, 3.63) is 29.3 Å². The first-order valence-corrected chi connectivity index (χ1v) is 6.64. The number of hydrogen-bond donors (Lipinski definition) is 2. The molecule has 1 saturated heterocycles. The molecule has 1 aromatic rings. The largest absolute Gasteiger partial charge is 0.389 e. The van der Waals surface area contributed by atoms with Crippen LogP contribution in [-0.2, 0) is 4.79 Å². The second-order valence-electron chi connectivity index (χ2n) is 4.84. The predicted molar refractivity (Wildman–Crippen MR) is 76.4 cm³/mol. The number of amides is 1. The van der Waals surface area contributed by atoms with E-state index in [4.69, 9.17) is 23.7 Å². The van der Waals surface area contributed by atoms with Gasteiger partial charge in [-0.2, -0.15) is 0 Å². The van der Waals surface area contributed by atoms with Gasteiger partial charge in [-0.15, -0.1) is 0 Å². The highest BCUT2D eigenvalue weighted by Gasteiger charge is 2.27. The van der Waals surface area contributed by atoms with Crippen molar-refractivity contribution in [2.24, 2.45) is 17.4 Å². The summed E-state index contributed by atoms with van der Waals surface area (Å²) < 4.78 is 28.1. The molecule has 1 heterocycles. The number of anilines is 1. The van der Waals surface area contributed by atoms with Crippen molar-refractivity contribution in [1.82, 2.24) is 0 Å². The van der Waals surface area contributed by atoms with Crippen molar-refractivity contribution >= 4 is 28.8 Å². The Morgan fingerprint density at radius 3 is 2.40 bits per heavy atom. The number of rotatable bonds is 3. The molecule has 4 nitrogen and oxygen atoms in total. The van der Waals surface area contributed by atoms with E-state index in [0.29, 0.717) is 19.4 Å². The maximum Gasteiger partial charge on any atom is 0.222 e. The number of hydrogen-bond acceptors (Lipinski definition) is 3. The number of thiocarbonyl (C=S) groups is 1. The molecule has 1 atom stereocenters. The zero-order chi connectivity index (χ0) is 14.9. The number of benzene rings is 1. The number of carbonyl (C=O) groups excluding carboxylic acids is 1. The minimum Gasteiger partial charge on any atom is -0.389 e. The Bertz CT molecular complexity index is 542. The first-order valence-electron chi connectivity index (χ1n) is 6.23. The molecule has 1 aromatic carbocycles. The lowest BCUT2D eigenvalue weighted by Gasteiger charge is -2.33. The van der Waals surface area contributed by atoms with Crippen LogP contribution >= 0.6 is 12.2 Å². The van der Waals surface area contributed by atoms with Gasteiger partial charge >= 0.3 is 0 Å². The van der Waals surface area contributed by atoms with E-state index in [2.05, 4.69) is 0 Å².